The predicted octanol–water partition coefficient (Wildman–Crippen LogP) is 1.11. The summed E-state index contributed by atoms with van der Waals surface area (Å²) in [5.74, 6) is 6.04. The number of nitrogens with zero attached hydrogens (tertiary/aromatic N) is 1. The van der Waals surface area contributed by atoms with Gasteiger partial charge in [-0.1, -0.05) is 6.07 Å². The molecule has 2 rings (SSSR count). The van der Waals surface area contributed by atoms with Crippen LogP contribution in [0, 0.1) is 5.82 Å². The Hall–Kier alpha value is -1.92. The molecular formula is C11H13FN4O. The Balaban J connectivity index is 2.38. The Morgan fingerprint density at radius 2 is 2.35 bits per heavy atom. The quantitative estimate of drug-likeness (QED) is 0.549. The third-order valence-electron chi connectivity index (χ3n) is 2.48. The van der Waals surface area contributed by atoms with E-state index in [4.69, 9.17) is 10.6 Å². The highest BCUT2D eigenvalue weighted by Crippen LogP contribution is 2.24. The lowest BCUT2D eigenvalue weighted by molar-refractivity contribution is 0.409. The van der Waals surface area contributed by atoms with Crippen LogP contribution in [0.15, 0.2) is 30.6 Å². The summed E-state index contributed by atoms with van der Waals surface area (Å²) in [7, 11) is 1.49. The third-order valence-corrected chi connectivity index (χ3v) is 2.48. The van der Waals surface area contributed by atoms with Gasteiger partial charge in [0, 0.05) is 24.0 Å². The van der Waals surface area contributed by atoms with Crippen molar-refractivity contribution in [2.24, 2.45) is 5.84 Å². The molecule has 5 nitrogen and oxygen atoms in total. The van der Waals surface area contributed by atoms with Crippen molar-refractivity contribution in [2.75, 3.05) is 7.11 Å². The number of halogens is 1. The van der Waals surface area contributed by atoms with E-state index in [0.29, 0.717) is 17.1 Å². The zero-order valence-electron chi connectivity index (χ0n) is 9.27. The fourth-order valence-corrected chi connectivity index (χ4v) is 1.62. The number of ether oxygens (including phenoxy) is 1. The molecule has 0 radical (unpaired) electrons. The summed E-state index contributed by atoms with van der Waals surface area (Å²) in [4.78, 5) is 6.94. The number of nitrogens with one attached hydrogen (secondary N) is 2. The second-order valence-corrected chi connectivity index (χ2v) is 3.46. The Morgan fingerprint density at radius 3 is 2.88 bits per heavy atom. The molecule has 6 heteroatoms. The van der Waals surface area contributed by atoms with Crippen molar-refractivity contribution < 1.29 is 9.13 Å². The third kappa shape index (κ3) is 2.27. The van der Waals surface area contributed by atoms with Crippen molar-refractivity contribution in [3.05, 3.63) is 47.8 Å². The lowest BCUT2D eigenvalue weighted by Gasteiger charge is -2.15. The normalized spacial score (nSPS) is 12.4. The summed E-state index contributed by atoms with van der Waals surface area (Å²) in [6, 6.07) is 4.08. The standard InChI is InChI=1S/C11H13FN4O/c1-17-7-2-3-8(9(12)6-7)10(16-13)11-14-4-5-15-11/h2-6,10,16H,13H2,1H3,(H,14,15). The van der Waals surface area contributed by atoms with Crippen molar-refractivity contribution in [3.63, 3.8) is 0 Å². The Kier molecular flexibility index (Phi) is 3.36. The molecule has 2 aromatic rings. The molecule has 1 heterocycles. The lowest BCUT2D eigenvalue weighted by Crippen LogP contribution is -2.30. The molecule has 0 saturated carbocycles. The molecular weight excluding hydrogens is 223 g/mol. The number of benzene rings is 1. The Bertz CT molecular complexity index is 486. The van der Waals surface area contributed by atoms with Gasteiger partial charge in [-0.2, -0.15) is 0 Å². The first-order chi connectivity index (χ1) is 8.26. The van der Waals surface area contributed by atoms with E-state index in [-0.39, 0.29) is 0 Å². The number of rotatable bonds is 4. The van der Waals surface area contributed by atoms with Crippen LogP contribution in [0.5, 0.6) is 5.75 Å². The first-order valence-electron chi connectivity index (χ1n) is 5.05. The highest BCUT2D eigenvalue weighted by atomic mass is 19.1. The van der Waals surface area contributed by atoms with Crippen LogP contribution in [0.3, 0.4) is 0 Å². The van der Waals surface area contributed by atoms with Crippen molar-refractivity contribution in [3.8, 4) is 5.75 Å². The van der Waals surface area contributed by atoms with Crippen LogP contribution >= 0.6 is 0 Å². The number of hydrogen-bond donors (Lipinski definition) is 3. The Morgan fingerprint density at radius 1 is 1.53 bits per heavy atom. The molecule has 1 atom stereocenters. The fraction of sp³-hybridized carbons (Fsp3) is 0.182. The van der Waals surface area contributed by atoms with Gasteiger partial charge in [0.2, 0.25) is 0 Å². The van der Waals surface area contributed by atoms with Gasteiger partial charge >= 0.3 is 0 Å². The van der Waals surface area contributed by atoms with Crippen molar-refractivity contribution >= 4 is 0 Å². The zero-order chi connectivity index (χ0) is 12.3. The number of methoxy groups -OCH3 is 1. The molecule has 0 spiro atoms. The van der Waals surface area contributed by atoms with Gasteiger partial charge in [-0.25, -0.2) is 14.8 Å². The second kappa shape index (κ2) is 4.94. The van der Waals surface area contributed by atoms with Crippen LogP contribution in [0.4, 0.5) is 4.39 Å². The van der Waals surface area contributed by atoms with E-state index in [9.17, 15) is 4.39 Å². The SMILES string of the molecule is COc1ccc(C(NN)c2ncc[nH]2)c(F)c1. The summed E-state index contributed by atoms with van der Waals surface area (Å²) >= 11 is 0. The van der Waals surface area contributed by atoms with Crippen LogP contribution in [0.2, 0.25) is 0 Å². The van der Waals surface area contributed by atoms with E-state index in [1.807, 2.05) is 0 Å². The molecule has 1 aromatic heterocycles. The minimum Gasteiger partial charge on any atom is -0.497 e. The van der Waals surface area contributed by atoms with Crippen LogP contribution < -0.4 is 16.0 Å². The number of imidazole rings is 1. The lowest BCUT2D eigenvalue weighted by atomic mass is 10.1. The number of aromatic amines is 1. The predicted molar refractivity (Wildman–Crippen MR) is 60.7 cm³/mol. The van der Waals surface area contributed by atoms with E-state index in [0.717, 1.165) is 0 Å². The number of H-pyrrole nitrogens is 1. The summed E-state index contributed by atoms with van der Waals surface area (Å²) in [5.41, 5.74) is 2.93. The van der Waals surface area contributed by atoms with E-state index in [1.54, 1.807) is 24.5 Å². The summed E-state index contributed by atoms with van der Waals surface area (Å²) in [5, 5.41) is 0. The van der Waals surface area contributed by atoms with E-state index < -0.39 is 11.9 Å². The molecule has 0 aliphatic carbocycles. The molecule has 0 amide bonds. The largest absolute Gasteiger partial charge is 0.497 e. The van der Waals surface area contributed by atoms with Gasteiger partial charge in [0.1, 0.15) is 23.4 Å². The molecule has 1 unspecified atom stereocenters. The summed E-state index contributed by atoms with van der Waals surface area (Å²) in [6.07, 6.45) is 3.24. The molecule has 4 N–H and O–H groups in total. The van der Waals surface area contributed by atoms with Crippen LogP contribution in [-0.4, -0.2) is 17.1 Å². The Labute approximate surface area is 97.8 Å². The van der Waals surface area contributed by atoms with Crippen molar-refractivity contribution in [2.45, 2.75) is 6.04 Å². The van der Waals surface area contributed by atoms with Crippen molar-refractivity contribution in [1.82, 2.24) is 15.4 Å². The molecule has 0 saturated heterocycles. The molecule has 17 heavy (non-hydrogen) atoms. The van der Waals surface area contributed by atoms with Gasteiger partial charge in [-0.3, -0.25) is 5.84 Å². The minimum absolute atomic E-state index is 0.399. The molecule has 1 aromatic carbocycles. The van der Waals surface area contributed by atoms with Gasteiger partial charge in [0.05, 0.1) is 7.11 Å². The van der Waals surface area contributed by atoms with Gasteiger partial charge in [-0.15, -0.1) is 0 Å². The van der Waals surface area contributed by atoms with E-state index in [2.05, 4.69) is 15.4 Å². The fourth-order valence-electron chi connectivity index (χ4n) is 1.62. The molecule has 0 aliphatic rings. The van der Waals surface area contributed by atoms with Crippen molar-refractivity contribution in [1.29, 1.82) is 0 Å². The smallest absolute Gasteiger partial charge is 0.132 e. The topological polar surface area (TPSA) is 76.0 Å². The van der Waals surface area contributed by atoms with Crippen LogP contribution in [-0.2, 0) is 0 Å². The number of aromatic nitrogens is 2. The number of hydrazine groups is 1. The van der Waals surface area contributed by atoms with Gasteiger partial charge in [-0.05, 0) is 6.07 Å². The number of nitrogens with two attached hydrogens (primary N) is 1. The zero-order valence-corrected chi connectivity index (χ0v) is 9.27. The molecule has 0 fully saturated rings. The maximum absolute atomic E-state index is 13.8. The van der Waals surface area contributed by atoms with E-state index in [1.165, 1.54) is 13.2 Å². The minimum atomic E-state index is -0.518. The first-order valence-corrected chi connectivity index (χ1v) is 5.05. The molecule has 90 valence electrons. The number of hydrogen-bond acceptors (Lipinski definition) is 4. The second-order valence-electron chi connectivity index (χ2n) is 3.46. The highest BCUT2D eigenvalue weighted by Gasteiger charge is 2.18. The van der Waals surface area contributed by atoms with E-state index >= 15 is 0 Å². The first kappa shape index (κ1) is 11.6. The van der Waals surface area contributed by atoms with Gasteiger partial charge in [0.25, 0.3) is 0 Å². The average Bonchev–Trinajstić information content (AvgIpc) is 2.85. The average molecular weight is 236 g/mol. The van der Waals surface area contributed by atoms with Crippen LogP contribution in [0.25, 0.3) is 0 Å². The van der Waals surface area contributed by atoms with Crippen LogP contribution in [0.1, 0.15) is 17.4 Å². The molecule has 0 aliphatic heterocycles. The summed E-state index contributed by atoms with van der Waals surface area (Å²) in [6.45, 7) is 0. The van der Waals surface area contributed by atoms with Gasteiger partial charge < -0.3 is 9.72 Å². The molecule has 0 bridgehead atoms. The summed E-state index contributed by atoms with van der Waals surface area (Å²) < 4.78 is 18.8. The monoisotopic (exact) mass is 236 g/mol. The maximum atomic E-state index is 13.8. The highest BCUT2D eigenvalue weighted by molar-refractivity contribution is 5.33. The van der Waals surface area contributed by atoms with Gasteiger partial charge in [0.15, 0.2) is 0 Å². The maximum Gasteiger partial charge on any atom is 0.132 e.